The summed E-state index contributed by atoms with van der Waals surface area (Å²) in [7, 11) is -8.50. The molecule has 1 saturated heterocycles. The van der Waals surface area contributed by atoms with Gasteiger partial charge in [0.1, 0.15) is 34.1 Å². The van der Waals surface area contributed by atoms with Crippen molar-refractivity contribution in [2.24, 2.45) is 50.1 Å². The van der Waals surface area contributed by atoms with E-state index in [4.69, 9.17) is 14.2 Å². The number of aromatic nitrogens is 6. The van der Waals surface area contributed by atoms with Crippen LogP contribution in [-0.4, -0.2) is 102 Å². The number of carbonyl (C=O) groups is 5. The van der Waals surface area contributed by atoms with E-state index in [0.29, 0.717) is 87.2 Å². The van der Waals surface area contributed by atoms with Crippen LogP contribution < -0.4 is 4.90 Å². The van der Waals surface area contributed by atoms with Gasteiger partial charge >= 0.3 is 23.9 Å². The summed E-state index contributed by atoms with van der Waals surface area (Å²) in [5.74, 6) is -0.519. The average Bonchev–Trinajstić information content (AvgIpc) is 1.69. The van der Waals surface area contributed by atoms with Gasteiger partial charge in [0.2, 0.25) is 0 Å². The van der Waals surface area contributed by atoms with E-state index >= 15 is 4.21 Å². The fourth-order valence-corrected chi connectivity index (χ4v) is 20.4. The van der Waals surface area contributed by atoms with E-state index in [9.17, 15) is 32.4 Å². The maximum atomic E-state index is 16.0. The van der Waals surface area contributed by atoms with Gasteiger partial charge in [-0.05, 0) is 193 Å². The summed E-state index contributed by atoms with van der Waals surface area (Å²) in [6.07, 6.45) is 9.77. The zero-order valence-corrected chi connectivity index (χ0v) is 55.2. The number of imide groups is 1. The van der Waals surface area contributed by atoms with Crippen molar-refractivity contribution in [1.29, 1.82) is 0 Å². The number of sulfonamides is 1. The van der Waals surface area contributed by atoms with Crippen LogP contribution in [-0.2, 0) is 79.1 Å². The van der Waals surface area contributed by atoms with Crippen molar-refractivity contribution in [3.63, 3.8) is 0 Å². The number of unbranched alkanes of at least 4 members (excludes halogenated alkanes) is 1. The van der Waals surface area contributed by atoms with E-state index in [-0.39, 0.29) is 104 Å². The van der Waals surface area contributed by atoms with E-state index < -0.39 is 31.2 Å². The molecule has 1 aliphatic heterocycles. The fraction of sp³-hybridized carbons (Fsp3) is 0.522. The van der Waals surface area contributed by atoms with Crippen molar-refractivity contribution in [3.8, 4) is 5.69 Å². The molecule has 6 aromatic rings. The van der Waals surface area contributed by atoms with Crippen LogP contribution in [0.2, 0.25) is 0 Å². The first-order chi connectivity index (χ1) is 43.4. The molecule has 11 rings (SSSR count). The number of benzene rings is 4. The monoisotopic (exact) mass is 1280 g/mol. The first-order valence-electron chi connectivity index (χ1n) is 32.2. The third-order valence-corrected chi connectivity index (χ3v) is 25.3. The molecule has 3 amide bonds. The summed E-state index contributed by atoms with van der Waals surface area (Å²) in [4.78, 5) is 68.2. The minimum atomic E-state index is -4.51. The van der Waals surface area contributed by atoms with Crippen molar-refractivity contribution in [1.82, 2.24) is 34.9 Å². The lowest BCUT2D eigenvalue weighted by molar-refractivity contribution is -0.224. The highest BCUT2D eigenvalue weighted by Gasteiger charge is 2.68. The molecule has 22 heteroatoms. The molecule has 0 N–H and O–H groups in total. The Hall–Kier alpha value is -7.59. The number of urea groups is 1. The Morgan fingerprint density at radius 1 is 0.714 bits per heavy atom. The van der Waals surface area contributed by atoms with E-state index in [1.165, 1.54) is 37.8 Å². The highest BCUT2D eigenvalue weighted by molar-refractivity contribution is 8.03. The lowest BCUT2D eigenvalue weighted by Crippen LogP contribution is -2.63. The summed E-state index contributed by atoms with van der Waals surface area (Å²) >= 11 is 0. The third kappa shape index (κ3) is 13.0. The summed E-state index contributed by atoms with van der Waals surface area (Å²) in [5.41, 5.74) is 4.45. The van der Waals surface area contributed by atoms with Gasteiger partial charge in [-0.3, -0.25) is 19.2 Å². The molecule has 484 valence electrons. The van der Waals surface area contributed by atoms with E-state index in [1.807, 2.05) is 50.4 Å². The van der Waals surface area contributed by atoms with Crippen molar-refractivity contribution in [2.45, 2.75) is 198 Å². The van der Waals surface area contributed by atoms with Gasteiger partial charge in [-0.25, -0.2) is 23.3 Å². The number of ether oxygens (including phenoxy) is 3. The standard InChI is InChI=1S/C69H85N9O11S2/c1-43-21-29-56(30-22-43)90(84,74-91(85,86)57-31-23-44(2)24-32-57)65-61(20-14-13-19-52-42-77(72-70-52)53-25-27-54(28-26-53)78-66(82)46(4)75(67(78)83)41-50-17-11-10-12-18-50)76(73-71-65)37-15-16-45(3)58-33-34-59-64-60(40-63(69(58,59)9)89-49(7)81)68(8)36-35-55(87-47(5)79)38-51(68)39-62(64)88-48(6)80/h10-12,17-18,21-32,42,45-46,51,55,58-60,62-64H,13-16,19-20,33-41H2,1-9H3/t45-,46+,51+,55-,58-,59+,60+,62-,63+,64+,68+,69-,90?/m1/s1. The first-order valence-corrected chi connectivity index (χ1v) is 35.1. The van der Waals surface area contributed by atoms with Gasteiger partial charge in [0.25, 0.3) is 15.9 Å². The number of hydrogen-bond donors (Lipinski definition) is 0. The molecular formula is C69H85N9O11S2. The number of esters is 3. The Morgan fingerprint density at radius 2 is 1.36 bits per heavy atom. The lowest BCUT2D eigenvalue weighted by atomic mass is 9.43. The van der Waals surface area contributed by atoms with Crippen LogP contribution in [0.25, 0.3) is 5.69 Å². The zero-order chi connectivity index (χ0) is 64.7. The second-order valence-electron chi connectivity index (χ2n) is 26.8. The van der Waals surface area contributed by atoms with Crippen molar-refractivity contribution >= 4 is 55.3 Å². The topological polar surface area (TPSA) is 245 Å². The van der Waals surface area contributed by atoms with Gasteiger partial charge in [-0.2, -0.15) is 8.42 Å². The number of nitrogens with zero attached hydrogens (tertiary/aromatic N) is 9. The summed E-state index contributed by atoms with van der Waals surface area (Å²) in [5, 5.41) is 18.2. The van der Waals surface area contributed by atoms with Crippen LogP contribution >= 0.6 is 0 Å². The summed E-state index contributed by atoms with van der Waals surface area (Å²) < 4.78 is 70.9. The van der Waals surface area contributed by atoms with Crippen molar-refractivity contribution in [2.75, 3.05) is 4.90 Å². The van der Waals surface area contributed by atoms with Gasteiger partial charge in [0.15, 0.2) is 5.03 Å². The molecule has 0 spiro atoms. The van der Waals surface area contributed by atoms with Gasteiger partial charge < -0.3 is 19.1 Å². The molecule has 5 aliphatic rings. The van der Waals surface area contributed by atoms with Crippen LogP contribution in [0, 0.1) is 60.2 Å². The van der Waals surface area contributed by atoms with Gasteiger partial charge in [-0.1, -0.05) is 101 Å². The second-order valence-corrected chi connectivity index (χ2v) is 30.7. The molecule has 0 bridgehead atoms. The number of fused-ring (bicyclic) bond motifs is 5. The smallest absolute Gasteiger partial charge is 0.332 e. The maximum Gasteiger partial charge on any atom is 0.332 e. The number of carbonyl (C=O) groups excluding carboxylic acids is 5. The number of hydrogen-bond acceptors (Lipinski definition) is 15. The normalized spacial score (nSPS) is 27.3. The molecule has 91 heavy (non-hydrogen) atoms. The van der Waals surface area contributed by atoms with Crippen LogP contribution in [0.5, 0.6) is 0 Å². The van der Waals surface area contributed by atoms with Crippen molar-refractivity contribution in [3.05, 3.63) is 137 Å². The first kappa shape index (κ1) is 64.9. The molecule has 1 unspecified atom stereocenters. The summed E-state index contributed by atoms with van der Waals surface area (Å²) in [6.45, 7) is 17.5. The van der Waals surface area contributed by atoms with Crippen LogP contribution in [0.4, 0.5) is 10.5 Å². The zero-order valence-electron chi connectivity index (χ0n) is 53.6. The number of anilines is 1. The van der Waals surface area contributed by atoms with Gasteiger partial charge in [0.05, 0.1) is 38.8 Å². The molecular weight excluding hydrogens is 1190 g/mol. The highest BCUT2D eigenvalue weighted by atomic mass is 32.3. The van der Waals surface area contributed by atoms with Crippen LogP contribution in [0.3, 0.4) is 0 Å². The molecule has 4 saturated carbocycles. The number of rotatable bonds is 21. The van der Waals surface area contributed by atoms with E-state index in [2.05, 4.69) is 45.2 Å². The predicted molar refractivity (Wildman–Crippen MR) is 340 cm³/mol. The van der Waals surface area contributed by atoms with Crippen LogP contribution in [0.1, 0.15) is 147 Å². The number of amides is 3. The Bertz CT molecular complexity index is 3920. The largest absolute Gasteiger partial charge is 0.463 e. The molecule has 13 atom stereocenters. The Balaban J connectivity index is 0.830. The Kier molecular flexibility index (Phi) is 18.7. The maximum absolute atomic E-state index is 16.0. The lowest BCUT2D eigenvalue weighted by Gasteiger charge is -2.64. The molecule has 5 fully saturated rings. The Labute approximate surface area is 534 Å². The van der Waals surface area contributed by atoms with E-state index in [0.717, 1.165) is 48.8 Å². The predicted octanol–water partition coefficient (Wildman–Crippen LogP) is 11.8. The Morgan fingerprint density at radius 3 is 2.03 bits per heavy atom. The SMILES string of the molecule is CC(=O)O[C@@H]1CC[C@@]2(C)[C@@H](C1)C[C@@H](OC(C)=O)[C@@H]1[C@@H]2C[C@H](OC(C)=O)[C@]2(C)[C@@H]([C@H](C)CCCn3nnc(S(=O)(=NS(=O)(=O)c4ccc(C)cc4)c4ccc(C)cc4)c3CCCCc3cn(-c4ccc(N5C(=O)[C@H](C)N(Cc6ccccc6)C5=O)cc4)nn3)CC[C@@H]12. The molecule has 4 aliphatic carbocycles. The molecule has 20 nitrogen and oxygen atoms in total. The third-order valence-electron chi connectivity index (χ3n) is 21.0. The molecule has 2 aromatic heterocycles. The minimum absolute atomic E-state index is 0.0112. The summed E-state index contributed by atoms with van der Waals surface area (Å²) in [6, 6.07) is 28.7. The minimum Gasteiger partial charge on any atom is -0.463 e. The number of aryl methyl sites for hydroxylation is 4. The van der Waals surface area contributed by atoms with Crippen molar-refractivity contribution < 1.29 is 50.8 Å². The molecule has 0 radical (unpaired) electrons. The molecule has 4 aromatic carbocycles. The fourth-order valence-electron chi connectivity index (χ4n) is 16.5. The van der Waals surface area contributed by atoms with Gasteiger partial charge in [-0.15, -0.1) is 10.2 Å². The quantitative estimate of drug-likeness (QED) is 0.0281. The molecule has 3 heterocycles. The highest BCUT2D eigenvalue weighted by Crippen LogP contribution is 2.69. The van der Waals surface area contributed by atoms with Gasteiger partial charge in [0, 0.05) is 45.2 Å². The van der Waals surface area contributed by atoms with Crippen LogP contribution in [0.15, 0.2) is 128 Å². The van der Waals surface area contributed by atoms with E-state index in [1.54, 1.807) is 81.9 Å². The second kappa shape index (κ2) is 26.2. The average molecular weight is 1280 g/mol.